The molecule has 1 heterocycles. The maximum absolute atomic E-state index is 13.7. The lowest BCUT2D eigenvalue weighted by atomic mass is 10.3. The van der Waals surface area contributed by atoms with Gasteiger partial charge >= 0.3 is 0 Å². The Bertz CT molecular complexity index is 789. The van der Waals surface area contributed by atoms with Crippen molar-refractivity contribution >= 4 is 25.8 Å². The van der Waals surface area contributed by atoms with Gasteiger partial charge in [-0.2, -0.15) is 0 Å². The fraction of sp³-hybridized carbons (Fsp3) is 0.364. The van der Waals surface area contributed by atoms with E-state index in [4.69, 9.17) is 0 Å². The van der Waals surface area contributed by atoms with Crippen LogP contribution in [-0.2, 0) is 24.7 Å². The Kier molecular flexibility index (Phi) is 4.04. The highest BCUT2D eigenvalue weighted by molar-refractivity contribution is 7.91. The van der Waals surface area contributed by atoms with E-state index in [1.54, 1.807) is 0 Å². The number of sulfonamides is 1. The molecule has 2 N–H and O–H groups in total. The smallest absolute Gasteiger partial charge is 0.243 e. The standard InChI is InChI=1S/C11H13FN2O5S2/c1-20(16,17)8-2-3-9(12)10(5-8)21(18,19)14-7-4-11(15)13-6-7/h2-3,5,7,14H,4,6H2,1H3,(H,13,15). The Hall–Kier alpha value is -1.52. The second-order valence-electron chi connectivity index (χ2n) is 4.69. The number of sulfone groups is 1. The average Bonchev–Trinajstić information content (AvgIpc) is 2.72. The van der Waals surface area contributed by atoms with Gasteiger partial charge in [-0.1, -0.05) is 0 Å². The Labute approximate surface area is 121 Å². The number of halogens is 1. The molecule has 0 aliphatic carbocycles. The van der Waals surface area contributed by atoms with Crippen molar-refractivity contribution in [2.75, 3.05) is 12.8 Å². The molecule has 116 valence electrons. The van der Waals surface area contributed by atoms with Crippen LogP contribution >= 0.6 is 0 Å². The van der Waals surface area contributed by atoms with Gasteiger partial charge in [-0.3, -0.25) is 4.79 Å². The fourth-order valence-electron chi connectivity index (χ4n) is 1.89. The third kappa shape index (κ3) is 3.57. The number of carbonyl (C=O) groups excluding carboxylic acids is 1. The van der Waals surface area contributed by atoms with Gasteiger partial charge in [-0.05, 0) is 18.2 Å². The zero-order valence-electron chi connectivity index (χ0n) is 11.0. The molecule has 0 spiro atoms. The molecule has 1 aliphatic heterocycles. The minimum Gasteiger partial charge on any atom is -0.354 e. The highest BCUT2D eigenvalue weighted by atomic mass is 32.2. The van der Waals surface area contributed by atoms with Crippen LogP contribution in [-0.4, -0.2) is 41.6 Å². The second-order valence-corrected chi connectivity index (χ2v) is 8.39. The molecule has 1 atom stereocenters. The van der Waals surface area contributed by atoms with Crippen LogP contribution in [0.2, 0.25) is 0 Å². The van der Waals surface area contributed by atoms with Crippen LogP contribution < -0.4 is 10.0 Å². The molecule has 0 saturated carbocycles. The first-order valence-corrected chi connectivity index (χ1v) is 9.26. The molecule has 0 radical (unpaired) electrons. The van der Waals surface area contributed by atoms with Crippen LogP contribution in [0.5, 0.6) is 0 Å². The zero-order chi connectivity index (χ0) is 15.8. The van der Waals surface area contributed by atoms with Crippen LogP contribution in [0, 0.1) is 5.82 Å². The normalized spacial score (nSPS) is 19.5. The van der Waals surface area contributed by atoms with E-state index >= 15 is 0 Å². The zero-order valence-corrected chi connectivity index (χ0v) is 12.6. The molecule has 1 aromatic rings. The summed E-state index contributed by atoms with van der Waals surface area (Å²) in [5, 5.41) is 2.44. The molecule has 7 nitrogen and oxygen atoms in total. The van der Waals surface area contributed by atoms with Gasteiger partial charge < -0.3 is 5.32 Å². The van der Waals surface area contributed by atoms with Crippen molar-refractivity contribution in [2.24, 2.45) is 0 Å². The predicted molar refractivity (Wildman–Crippen MR) is 71.2 cm³/mol. The second kappa shape index (κ2) is 5.35. The monoisotopic (exact) mass is 336 g/mol. The summed E-state index contributed by atoms with van der Waals surface area (Å²) in [7, 11) is -7.93. The molecule has 1 aromatic carbocycles. The summed E-state index contributed by atoms with van der Waals surface area (Å²) in [6, 6.07) is 1.84. The van der Waals surface area contributed by atoms with Gasteiger partial charge in [0.25, 0.3) is 0 Å². The Morgan fingerprint density at radius 3 is 2.48 bits per heavy atom. The van der Waals surface area contributed by atoms with Gasteiger partial charge in [-0.15, -0.1) is 0 Å². The minimum atomic E-state index is -4.26. The number of hydrogen-bond acceptors (Lipinski definition) is 5. The molecule has 0 aromatic heterocycles. The van der Waals surface area contributed by atoms with Gasteiger partial charge in [0.1, 0.15) is 10.7 Å². The molecule has 1 amide bonds. The third-order valence-corrected chi connectivity index (χ3v) is 5.57. The summed E-state index contributed by atoms with van der Waals surface area (Å²) in [6.45, 7) is 0.103. The molecule has 21 heavy (non-hydrogen) atoms. The minimum absolute atomic E-state index is 0.0490. The van der Waals surface area contributed by atoms with Crippen molar-refractivity contribution in [2.45, 2.75) is 22.3 Å². The summed E-state index contributed by atoms with van der Waals surface area (Å²) >= 11 is 0. The topological polar surface area (TPSA) is 109 Å². The maximum atomic E-state index is 13.7. The summed E-state index contributed by atoms with van der Waals surface area (Å²) in [6.07, 6.45) is 0.843. The van der Waals surface area contributed by atoms with E-state index in [1.165, 1.54) is 0 Å². The molecule has 1 saturated heterocycles. The molecule has 10 heteroatoms. The Balaban J connectivity index is 2.37. The van der Waals surface area contributed by atoms with E-state index < -0.39 is 36.6 Å². The fourth-order valence-corrected chi connectivity index (χ4v) is 3.95. The van der Waals surface area contributed by atoms with E-state index in [-0.39, 0.29) is 23.8 Å². The van der Waals surface area contributed by atoms with Gasteiger partial charge in [0, 0.05) is 25.3 Å². The number of hydrogen-bond donors (Lipinski definition) is 2. The molecule has 1 fully saturated rings. The highest BCUT2D eigenvalue weighted by Gasteiger charge is 2.29. The molecule has 1 unspecified atom stereocenters. The van der Waals surface area contributed by atoms with Gasteiger partial charge in [-0.25, -0.2) is 25.9 Å². The van der Waals surface area contributed by atoms with E-state index in [1.807, 2.05) is 0 Å². The van der Waals surface area contributed by atoms with E-state index in [0.717, 1.165) is 24.5 Å². The summed E-state index contributed by atoms with van der Waals surface area (Å²) in [5.74, 6) is -1.37. The van der Waals surface area contributed by atoms with Crippen molar-refractivity contribution in [3.05, 3.63) is 24.0 Å². The van der Waals surface area contributed by atoms with Crippen LogP contribution in [0.25, 0.3) is 0 Å². The number of nitrogens with one attached hydrogen (secondary N) is 2. The van der Waals surface area contributed by atoms with Crippen LogP contribution in [0.3, 0.4) is 0 Å². The summed E-state index contributed by atoms with van der Waals surface area (Å²) in [4.78, 5) is 9.97. The average molecular weight is 336 g/mol. The van der Waals surface area contributed by atoms with Crippen LogP contribution in [0.15, 0.2) is 28.0 Å². The van der Waals surface area contributed by atoms with Crippen molar-refractivity contribution in [3.63, 3.8) is 0 Å². The molecule has 0 bridgehead atoms. The van der Waals surface area contributed by atoms with Crippen LogP contribution in [0.1, 0.15) is 6.42 Å². The predicted octanol–water partition coefficient (Wildman–Crippen LogP) is -0.604. The third-order valence-electron chi connectivity index (χ3n) is 2.92. The molecular weight excluding hydrogens is 323 g/mol. The maximum Gasteiger partial charge on any atom is 0.243 e. The lowest BCUT2D eigenvalue weighted by Gasteiger charge is -2.12. The van der Waals surface area contributed by atoms with Gasteiger partial charge in [0.2, 0.25) is 15.9 Å². The van der Waals surface area contributed by atoms with Gasteiger partial charge in [0.05, 0.1) is 4.90 Å². The largest absolute Gasteiger partial charge is 0.354 e. The van der Waals surface area contributed by atoms with E-state index in [2.05, 4.69) is 10.0 Å². The van der Waals surface area contributed by atoms with Crippen molar-refractivity contribution in [1.82, 2.24) is 10.0 Å². The van der Waals surface area contributed by atoms with Crippen molar-refractivity contribution in [1.29, 1.82) is 0 Å². The first kappa shape index (κ1) is 15.9. The lowest BCUT2D eigenvalue weighted by Crippen LogP contribution is -2.36. The SMILES string of the molecule is CS(=O)(=O)c1ccc(F)c(S(=O)(=O)NC2CNC(=O)C2)c1. The highest BCUT2D eigenvalue weighted by Crippen LogP contribution is 2.20. The van der Waals surface area contributed by atoms with Crippen LogP contribution in [0.4, 0.5) is 4.39 Å². The Morgan fingerprint density at radius 1 is 1.29 bits per heavy atom. The number of rotatable bonds is 4. The molecule has 1 aliphatic rings. The number of amides is 1. The van der Waals surface area contributed by atoms with Gasteiger partial charge in [0.15, 0.2) is 9.84 Å². The summed E-state index contributed by atoms with van der Waals surface area (Å²) < 4.78 is 62.9. The Morgan fingerprint density at radius 2 is 1.95 bits per heavy atom. The quantitative estimate of drug-likeness (QED) is 0.713. The number of carbonyl (C=O) groups is 1. The van der Waals surface area contributed by atoms with E-state index in [9.17, 15) is 26.0 Å². The van der Waals surface area contributed by atoms with E-state index in [0.29, 0.717) is 0 Å². The van der Waals surface area contributed by atoms with Crippen molar-refractivity contribution in [3.8, 4) is 0 Å². The first-order chi connectivity index (χ1) is 9.59. The summed E-state index contributed by atoms with van der Waals surface area (Å²) in [5.41, 5.74) is 0. The molecular formula is C11H13FN2O5S2. The lowest BCUT2D eigenvalue weighted by molar-refractivity contribution is -0.119. The van der Waals surface area contributed by atoms with Crippen molar-refractivity contribution < 1.29 is 26.0 Å². The first-order valence-electron chi connectivity index (χ1n) is 5.88. The number of benzene rings is 1. The molecule has 2 rings (SSSR count).